The van der Waals surface area contributed by atoms with E-state index in [1.165, 1.54) is 0 Å². The van der Waals surface area contributed by atoms with E-state index in [9.17, 15) is 9.59 Å². The van der Waals surface area contributed by atoms with E-state index in [0.717, 1.165) is 29.9 Å². The number of carbonyl (C=O) groups excluding carboxylic acids is 1. The summed E-state index contributed by atoms with van der Waals surface area (Å²) in [5, 5.41) is 7.03. The number of aromatic amines is 1. The number of H-pyrrole nitrogens is 1. The molecule has 144 valence electrons. The van der Waals surface area contributed by atoms with E-state index < -0.39 is 0 Å². The summed E-state index contributed by atoms with van der Waals surface area (Å²) in [4.78, 5) is 36.9. The fourth-order valence-electron chi connectivity index (χ4n) is 3.14. The van der Waals surface area contributed by atoms with Crippen molar-refractivity contribution in [1.82, 2.24) is 30.0 Å². The largest absolute Gasteiger partial charge is 0.346 e. The minimum atomic E-state index is -0.315. The number of aromatic nitrogens is 5. The van der Waals surface area contributed by atoms with E-state index >= 15 is 0 Å². The first-order valence-electron chi connectivity index (χ1n) is 9.28. The second-order valence-corrected chi connectivity index (χ2v) is 7.20. The van der Waals surface area contributed by atoms with Crippen molar-refractivity contribution in [2.24, 2.45) is 7.05 Å². The van der Waals surface area contributed by atoms with Crippen LogP contribution in [-0.2, 0) is 13.6 Å². The molecule has 3 aromatic rings. The summed E-state index contributed by atoms with van der Waals surface area (Å²) >= 11 is 0. The molecule has 1 aliphatic rings. The van der Waals surface area contributed by atoms with Crippen molar-refractivity contribution in [2.75, 3.05) is 0 Å². The minimum Gasteiger partial charge on any atom is -0.346 e. The first-order chi connectivity index (χ1) is 13.4. The maximum absolute atomic E-state index is 12.9. The molecule has 2 N–H and O–H groups in total. The van der Waals surface area contributed by atoms with Crippen LogP contribution in [0.3, 0.4) is 0 Å². The SMILES string of the molecule is Cc1ccc(CNC(=O)c2nc(C3CC3)nc(-c3ccnn3C)c2C)c(=O)[nH]1. The van der Waals surface area contributed by atoms with Crippen LogP contribution in [0.1, 0.15) is 51.9 Å². The number of aryl methyl sites for hydroxylation is 2. The van der Waals surface area contributed by atoms with Gasteiger partial charge in [0.25, 0.3) is 11.5 Å². The zero-order chi connectivity index (χ0) is 19.8. The van der Waals surface area contributed by atoms with E-state index in [1.54, 1.807) is 16.9 Å². The molecule has 8 nitrogen and oxygen atoms in total. The second-order valence-electron chi connectivity index (χ2n) is 7.20. The highest BCUT2D eigenvalue weighted by Gasteiger charge is 2.30. The first-order valence-corrected chi connectivity index (χ1v) is 9.28. The lowest BCUT2D eigenvalue weighted by Gasteiger charge is -2.13. The fraction of sp³-hybridized carbons (Fsp3) is 0.350. The number of hydrogen-bond donors (Lipinski definition) is 2. The van der Waals surface area contributed by atoms with Gasteiger partial charge in [0.1, 0.15) is 11.5 Å². The molecule has 0 spiro atoms. The summed E-state index contributed by atoms with van der Waals surface area (Å²) in [6, 6.07) is 5.40. The standard InChI is InChI=1S/C20H22N6O2/c1-11-4-5-14(19(27)23-11)10-21-20(28)17-12(2)16(15-8-9-22-26(15)3)24-18(25-17)13-6-7-13/h4-5,8-9,13H,6-7,10H2,1-3H3,(H,21,28)(H,23,27). The molecule has 0 aliphatic heterocycles. The van der Waals surface area contributed by atoms with Crippen LogP contribution in [-0.4, -0.2) is 30.6 Å². The molecule has 1 saturated carbocycles. The van der Waals surface area contributed by atoms with E-state index in [4.69, 9.17) is 4.98 Å². The van der Waals surface area contributed by atoms with Gasteiger partial charge in [0, 0.05) is 42.5 Å². The molecule has 0 unspecified atom stereocenters. The van der Waals surface area contributed by atoms with E-state index in [0.29, 0.717) is 28.6 Å². The Morgan fingerprint density at radius 3 is 2.68 bits per heavy atom. The predicted molar refractivity (Wildman–Crippen MR) is 104 cm³/mol. The molecular weight excluding hydrogens is 356 g/mol. The van der Waals surface area contributed by atoms with Crippen molar-refractivity contribution >= 4 is 5.91 Å². The van der Waals surface area contributed by atoms with Gasteiger partial charge >= 0.3 is 0 Å². The number of carbonyl (C=O) groups is 1. The third kappa shape index (κ3) is 3.45. The summed E-state index contributed by atoms with van der Waals surface area (Å²) in [5.41, 5.74) is 3.68. The van der Waals surface area contributed by atoms with Crippen LogP contribution in [0.4, 0.5) is 0 Å². The lowest BCUT2D eigenvalue weighted by Crippen LogP contribution is -2.28. The van der Waals surface area contributed by atoms with E-state index in [-0.39, 0.29) is 18.0 Å². The Morgan fingerprint density at radius 1 is 1.25 bits per heavy atom. The minimum absolute atomic E-state index is 0.137. The zero-order valence-corrected chi connectivity index (χ0v) is 16.1. The number of pyridine rings is 1. The monoisotopic (exact) mass is 378 g/mol. The molecule has 0 radical (unpaired) electrons. The Morgan fingerprint density at radius 2 is 2.04 bits per heavy atom. The number of hydrogen-bond acceptors (Lipinski definition) is 5. The maximum atomic E-state index is 12.9. The van der Waals surface area contributed by atoms with Gasteiger partial charge in [-0.2, -0.15) is 5.10 Å². The van der Waals surface area contributed by atoms with Gasteiger partial charge in [-0.1, -0.05) is 6.07 Å². The summed E-state index contributed by atoms with van der Waals surface area (Å²) in [7, 11) is 1.84. The van der Waals surface area contributed by atoms with Gasteiger partial charge in [-0.3, -0.25) is 14.3 Å². The lowest BCUT2D eigenvalue weighted by atomic mass is 10.1. The van der Waals surface area contributed by atoms with Crippen LogP contribution >= 0.6 is 0 Å². The van der Waals surface area contributed by atoms with Crippen LogP contribution in [0.25, 0.3) is 11.4 Å². The Balaban J connectivity index is 1.66. The topological polar surface area (TPSA) is 106 Å². The fourth-order valence-corrected chi connectivity index (χ4v) is 3.14. The number of nitrogens with one attached hydrogen (secondary N) is 2. The van der Waals surface area contributed by atoms with Crippen molar-refractivity contribution in [3.05, 3.63) is 63.1 Å². The quantitative estimate of drug-likeness (QED) is 0.706. The molecule has 0 bridgehead atoms. The van der Waals surface area contributed by atoms with Crippen molar-refractivity contribution in [3.8, 4) is 11.4 Å². The van der Waals surface area contributed by atoms with Gasteiger partial charge in [-0.25, -0.2) is 9.97 Å². The van der Waals surface area contributed by atoms with Gasteiger partial charge in [-0.05, 0) is 38.8 Å². The average Bonchev–Trinajstić information content (AvgIpc) is 3.42. The zero-order valence-electron chi connectivity index (χ0n) is 16.1. The molecule has 8 heteroatoms. The summed E-state index contributed by atoms with van der Waals surface area (Å²) in [6.45, 7) is 3.79. The molecule has 4 rings (SSSR count). The molecule has 28 heavy (non-hydrogen) atoms. The first kappa shape index (κ1) is 18.1. The highest BCUT2D eigenvalue weighted by molar-refractivity contribution is 5.95. The summed E-state index contributed by atoms with van der Waals surface area (Å²) in [5.74, 6) is 0.685. The van der Waals surface area contributed by atoms with Gasteiger partial charge in [-0.15, -0.1) is 0 Å². The van der Waals surface area contributed by atoms with Crippen LogP contribution in [0, 0.1) is 13.8 Å². The smallest absolute Gasteiger partial charge is 0.270 e. The predicted octanol–water partition coefficient (Wildman–Crippen LogP) is 1.99. The highest BCUT2D eigenvalue weighted by atomic mass is 16.2. The molecule has 3 heterocycles. The third-order valence-electron chi connectivity index (χ3n) is 4.96. The molecular formula is C20H22N6O2. The van der Waals surface area contributed by atoms with Crippen LogP contribution in [0.2, 0.25) is 0 Å². The molecule has 3 aromatic heterocycles. The molecule has 0 aromatic carbocycles. The molecule has 0 saturated heterocycles. The van der Waals surface area contributed by atoms with Crippen molar-refractivity contribution < 1.29 is 4.79 Å². The Kier molecular flexibility index (Phi) is 4.54. The van der Waals surface area contributed by atoms with E-state index in [2.05, 4.69) is 20.4 Å². The molecule has 0 atom stereocenters. The number of amides is 1. The van der Waals surface area contributed by atoms with E-state index in [1.807, 2.05) is 33.0 Å². The Labute approximate surface area is 162 Å². The number of nitrogens with zero attached hydrogens (tertiary/aromatic N) is 4. The van der Waals surface area contributed by atoms with Crippen LogP contribution in [0.5, 0.6) is 0 Å². The molecule has 1 fully saturated rings. The van der Waals surface area contributed by atoms with Crippen LogP contribution in [0.15, 0.2) is 29.2 Å². The van der Waals surface area contributed by atoms with Gasteiger partial charge in [0.05, 0.1) is 11.4 Å². The van der Waals surface area contributed by atoms with Gasteiger partial charge < -0.3 is 10.3 Å². The normalized spacial score (nSPS) is 13.5. The van der Waals surface area contributed by atoms with Crippen molar-refractivity contribution in [1.29, 1.82) is 0 Å². The van der Waals surface area contributed by atoms with Crippen molar-refractivity contribution in [2.45, 2.75) is 39.2 Å². The average molecular weight is 378 g/mol. The van der Waals surface area contributed by atoms with Crippen molar-refractivity contribution in [3.63, 3.8) is 0 Å². The van der Waals surface area contributed by atoms with Crippen LogP contribution < -0.4 is 10.9 Å². The highest BCUT2D eigenvalue weighted by Crippen LogP contribution is 2.39. The lowest BCUT2D eigenvalue weighted by molar-refractivity contribution is 0.0944. The summed E-state index contributed by atoms with van der Waals surface area (Å²) in [6.07, 6.45) is 3.78. The Hall–Kier alpha value is -3.29. The molecule has 1 aliphatic carbocycles. The second kappa shape index (κ2) is 7.03. The maximum Gasteiger partial charge on any atom is 0.270 e. The molecule has 1 amide bonds. The summed E-state index contributed by atoms with van der Waals surface area (Å²) < 4.78 is 1.74. The van der Waals surface area contributed by atoms with Gasteiger partial charge in [0.2, 0.25) is 0 Å². The number of rotatable bonds is 5. The van der Waals surface area contributed by atoms with Gasteiger partial charge in [0.15, 0.2) is 0 Å². The third-order valence-corrected chi connectivity index (χ3v) is 4.96. The Bertz CT molecular complexity index is 1110.